The number of nitrogens with one attached hydrogen (secondary N) is 1. The quantitative estimate of drug-likeness (QED) is 0.0869. The van der Waals surface area contributed by atoms with Crippen LogP contribution in [-0.2, 0) is 19.2 Å². The number of anilines is 1. The summed E-state index contributed by atoms with van der Waals surface area (Å²) >= 11 is 2.22. The van der Waals surface area contributed by atoms with Gasteiger partial charge in [0.2, 0.25) is 0 Å². The Labute approximate surface area is 240 Å². The van der Waals surface area contributed by atoms with Crippen molar-refractivity contribution >= 4 is 63.5 Å². The molecule has 2 atom stereocenters. The minimum Gasteiger partial charge on any atom is -0.497 e. The Bertz CT molecular complexity index is 1560. The van der Waals surface area contributed by atoms with Gasteiger partial charge in [-0.05, 0) is 42.3 Å². The summed E-state index contributed by atoms with van der Waals surface area (Å²) in [5.74, 6) is -3.31. The van der Waals surface area contributed by atoms with E-state index in [1.54, 1.807) is 24.3 Å². The number of nitrogens with two attached hydrogens (primary N) is 1. The fourth-order valence-corrected chi connectivity index (χ4v) is 6.47. The van der Waals surface area contributed by atoms with Crippen molar-refractivity contribution in [3.05, 3.63) is 63.8 Å². The van der Waals surface area contributed by atoms with Crippen molar-refractivity contribution in [3.8, 4) is 5.75 Å². The number of carbonyl (C=O) groups excluding carboxylic acids is 4. The van der Waals surface area contributed by atoms with Crippen molar-refractivity contribution in [2.24, 2.45) is 5.16 Å². The average Bonchev–Trinajstić information content (AvgIpc) is 3.56. The van der Waals surface area contributed by atoms with Gasteiger partial charge in [0, 0.05) is 28.8 Å². The Kier molecular flexibility index (Phi) is 7.51. The van der Waals surface area contributed by atoms with Crippen LogP contribution in [0, 0.1) is 0 Å². The predicted molar refractivity (Wildman–Crippen MR) is 146 cm³/mol. The van der Waals surface area contributed by atoms with E-state index >= 15 is 0 Å². The molecule has 14 nitrogen and oxygen atoms in total. The zero-order chi connectivity index (χ0) is 29.4. The number of fused-ring (bicyclic) bond motifs is 1. The van der Waals surface area contributed by atoms with Crippen molar-refractivity contribution < 1.29 is 39.0 Å². The molecule has 41 heavy (non-hydrogen) atoms. The number of carbonyl (C=O) groups is 5. The highest BCUT2D eigenvalue weighted by molar-refractivity contribution is 8.00. The second kappa shape index (κ2) is 11.1. The zero-order valence-corrected chi connectivity index (χ0v) is 22.9. The first-order valence-electron chi connectivity index (χ1n) is 12.0. The number of aliphatic carboxylic acids is 1. The van der Waals surface area contributed by atoms with E-state index in [4.69, 9.17) is 10.5 Å². The van der Waals surface area contributed by atoms with Crippen molar-refractivity contribution in [2.75, 3.05) is 25.1 Å². The van der Waals surface area contributed by atoms with Gasteiger partial charge in [-0.3, -0.25) is 29.0 Å². The molecule has 1 aromatic carbocycles. The number of thioether (sulfide) groups is 1. The van der Waals surface area contributed by atoms with E-state index in [-0.39, 0.29) is 46.4 Å². The number of carboxylic acid groups (broad SMARTS) is 1. The zero-order valence-electron chi connectivity index (χ0n) is 21.3. The number of rotatable bonds is 7. The van der Waals surface area contributed by atoms with Crippen molar-refractivity contribution in [1.82, 2.24) is 20.1 Å². The molecule has 1 aromatic heterocycles. The summed E-state index contributed by atoms with van der Waals surface area (Å²) in [7, 11) is 1.50. The van der Waals surface area contributed by atoms with E-state index < -0.39 is 46.7 Å². The number of allylic oxidation sites excluding steroid dienone is 1. The van der Waals surface area contributed by atoms with Crippen LogP contribution in [0.3, 0.4) is 0 Å². The predicted octanol–water partition coefficient (Wildman–Crippen LogP) is 0.650. The number of imide groups is 1. The van der Waals surface area contributed by atoms with Crippen LogP contribution in [0.15, 0.2) is 57.7 Å². The maximum Gasteiger partial charge on any atom is 0.352 e. The van der Waals surface area contributed by atoms with Gasteiger partial charge in [-0.25, -0.2) is 9.78 Å². The molecule has 3 aliphatic rings. The van der Waals surface area contributed by atoms with E-state index in [9.17, 15) is 34.3 Å². The summed E-state index contributed by atoms with van der Waals surface area (Å²) in [4.78, 5) is 69.9. The largest absolute Gasteiger partial charge is 0.497 e. The number of amides is 4. The van der Waals surface area contributed by atoms with Gasteiger partial charge < -0.3 is 26.1 Å². The fraction of sp³-hybridized carbons (Fsp3) is 0.240. The normalized spacial score (nSPS) is 21.6. The number of ether oxygens (including phenoxy) is 1. The molecule has 4 amide bonds. The van der Waals surface area contributed by atoms with Crippen molar-refractivity contribution in [1.29, 1.82) is 0 Å². The first kappa shape index (κ1) is 27.9. The lowest BCUT2D eigenvalue weighted by Crippen LogP contribution is -2.71. The summed E-state index contributed by atoms with van der Waals surface area (Å²) in [6.07, 6.45) is 1.63. The van der Waals surface area contributed by atoms with Gasteiger partial charge in [0.15, 0.2) is 10.8 Å². The number of β-lactam (4-membered cyclic amide) rings is 1. The molecular formula is C25H22N6O8S2. The fourth-order valence-electron chi connectivity index (χ4n) is 4.61. The Morgan fingerprint density at radius 3 is 2.59 bits per heavy atom. The summed E-state index contributed by atoms with van der Waals surface area (Å²) < 4.78 is 5.09. The molecule has 212 valence electrons. The van der Waals surface area contributed by atoms with Crippen LogP contribution >= 0.6 is 23.1 Å². The van der Waals surface area contributed by atoms with Crippen LogP contribution in [0.25, 0.3) is 0 Å². The number of benzene rings is 1. The summed E-state index contributed by atoms with van der Waals surface area (Å²) in [5.41, 5.74) is 5.60. The van der Waals surface area contributed by atoms with Crippen LogP contribution in [0.4, 0.5) is 5.13 Å². The first-order valence-corrected chi connectivity index (χ1v) is 13.9. The highest BCUT2D eigenvalue weighted by atomic mass is 32.2. The molecule has 0 spiro atoms. The molecule has 3 aliphatic heterocycles. The molecule has 0 unspecified atom stereocenters. The molecule has 4 heterocycles. The maximum atomic E-state index is 13.1. The first-order chi connectivity index (χ1) is 19.6. The lowest BCUT2D eigenvalue weighted by molar-refractivity contribution is -0.150. The number of likely N-dealkylation sites (tertiary alicyclic amines) is 1. The van der Waals surface area contributed by atoms with Gasteiger partial charge in [0.05, 0.1) is 7.11 Å². The van der Waals surface area contributed by atoms with Crippen LogP contribution < -0.4 is 15.8 Å². The summed E-state index contributed by atoms with van der Waals surface area (Å²) in [5, 5.41) is 25.5. The van der Waals surface area contributed by atoms with Crippen LogP contribution in [-0.4, -0.2) is 91.2 Å². The van der Waals surface area contributed by atoms with Crippen molar-refractivity contribution in [2.45, 2.75) is 17.8 Å². The topological polar surface area (TPSA) is 205 Å². The molecule has 5 rings (SSSR count). The van der Waals surface area contributed by atoms with Gasteiger partial charge in [-0.1, -0.05) is 5.16 Å². The lowest BCUT2D eigenvalue weighted by atomic mass is 10.0. The van der Waals surface area contributed by atoms with Crippen molar-refractivity contribution in [3.63, 3.8) is 0 Å². The molecule has 0 aliphatic carbocycles. The van der Waals surface area contributed by atoms with E-state index in [1.807, 2.05) is 0 Å². The average molecular weight is 599 g/mol. The number of hydrogen-bond acceptors (Lipinski definition) is 12. The number of hydrogen-bond donors (Lipinski definition) is 4. The molecular weight excluding hydrogens is 576 g/mol. The second-order valence-corrected chi connectivity index (χ2v) is 11.0. The molecule has 5 N–H and O–H groups in total. The van der Waals surface area contributed by atoms with E-state index in [2.05, 4.69) is 15.5 Å². The third-order valence-electron chi connectivity index (χ3n) is 6.62. The van der Waals surface area contributed by atoms with Crippen LogP contribution in [0.2, 0.25) is 0 Å². The second-order valence-electron chi connectivity index (χ2n) is 8.97. The number of carboxylic acids is 1. The summed E-state index contributed by atoms with van der Waals surface area (Å²) in [6, 6.07) is 5.22. The highest BCUT2D eigenvalue weighted by Crippen LogP contribution is 2.41. The number of nitrogens with zero attached hydrogens (tertiary/aromatic N) is 4. The molecule has 2 saturated heterocycles. The molecule has 16 heteroatoms. The van der Waals surface area contributed by atoms with E-state index in [0.717, 1.165) is 21.1 Å². The standard InChI is InChI=1S/C25H22N6O8S2/c1-39-14-4-2-11(3-5-14)20(33)30-7-6-12(21(30)34)8-13-9-40-23-17(22(35)31(23)18(13)24(36)37)28-19(32)16(29-38)15-10-41-25(26)27-15/h2-5,8,10,17,23,38H,6-7,9H2,1H3,(H2,26,27)(H,28,32)(H,36,37)/b12-8?,29-16-/t17-,23-/m1/s1. The monoisotopic (exact) mass is 598 g/mol. The highest BCUT2D eigenvalue weighted by Gasteiger charge is 2.54. The molecule has 0 bridgehead atoms. The summed E-state index contributed by atoms with van der Waals surface area (Å²) in [6.45, 7) is 0.122. The Hall–Kier alpha value is -4.70. The van der Waals surface area contributed by atoms with Gasteiger partial charge in [-0.2, -0.15) is 0 Å². The molecule has 2 fully saturated rings. The van der Waals surface area contributed by atoms with E-state index in [1.165, 1.54) is 30.3 Å². The SMILES string of the molecule is COc1ccc(C(=O)N2CCC(=CC3=C(C(=O)O)N4C(=O)[C@@H](NC(=O)/C(=N\O)c5csc(N)n5)[C@H]4SC3)C2=O)cc1. The van der Waals surface area contributed by atoms with Crippen LogP contribution in [0.1, 0.15) is 22.5 Å². The van der Waals surface area contributed by atoms with Gasteiger partial charge in [-0.15, -0.1) is 23.1 Å². The number of oxime groups is 1. The Morgan fingerprint density at radius 2 is 1.98 bits per heavy atom. The van der Waals surface area contributed by atoms with Crippen LogP contribution in [0.5, 0.6) is 5.75 Å². The third kappa shape index (κ3) is 5.02. The lowest BCUT2D eigenvalue weighted by Gasteiger charge is -2.49. The van der Waals surface area contributed by atoms with Gasteiger partial charge >= 0.3 is 5.97 Å². The number of methoxy groups -OCH3 is 1. The minimum absolute atomic E-state index is 0.0215. The van der Waals surface area contributed by atoms with E-state index in [0.29, 0.717) is 11.3 Å². The number of thiazole rings is 1. The van der Waals surface area contributed by atoms with Gasteiger partial charge in [0.1, 0.15) is 28.6 Å². The van der Waals surface area contributed by atoms with Gasteiger partial charge in [0.25, 0.3) is 23.6 Å². The third-order valence-corrected chi connectivity index (χ3v) is 8.60. The minimum atomic E-state index is -1.38. The molecule has 0 radical (unpaired) electrons. The Balaban J connectivity index is 1.32. The molecule has 2 aromatic rings. The molecule has 0 saturated carbocycles. The smallest absolute Gasteiger partial charge is 0.352 e. The Morgan fingerprint density at radius 1 is 1.24 bits per heavy atom. The number of nitrogen functional groups attached to an aromatic ring is 1. The number of aromatic nitrogens is 1. The maximum absolute atomic E-state index is 13.1.